The summed E-state index contributed by atoms with van der Waals surface area (Å²) in [7, 11) is 0. The lowest BCUT2D eigenvalue weighted by molar-refractivity contribution is -0.141. The Morgan fingerprint density at radius 3 is 2.76 bits per heavy atom. The first-order valence-electron chi connectivity index (χ1n) is 6.89. The van der Waals surface area contributed by atoms with Crippen molar-refractivity contribution >= 4 is 17.8 Å². The van der Waals surface area contributed by atoms with Gasteiger partial charge in [-0.3, -0.25) is 14.4 Å². The van der Waals surface area contributed by atoms with E-state index in [9.17, 15) is 14.4 Å². The number of carbonyl (C=O) groups excluding carboxylic acids is 2. The number of nitrogens with one attached hydrogen (secondary N) is 2. The van der Waals surface area contributed by atoms with Crippen molar-refractivity contribution in [3.63, 3.8) is 0 Å². The molecule has 1 fully saturated rings. The van der Waals surface area contributed by atoms with Crippen molar-refractivity contribution < 1.29 is 23.9 Å². The summed E-state index contributed by atoms with van der Waals surface area (Å²) < 4.78 is 4.79. The number of carbonyl (C=O) groups is 3. The molecule has 0 aromatic carbocycles. The molecule has 0 radical (unpaired) electrons. The lowest BCUT2D eigenvalue weighted by Gasteiger charge is -2.12. The Labute approximate surface area is 121 Å². The molecule has 114 valence electrons. The second-order valence-electron chi connectivity index (χ2n) is 5.13. The van der Waals surface area contributed by atoms with Gasteiger partial charge in [-0.2, -0.15) is 0 Å². The van der Waals surface area contributed by atoms with Gasteiger partial charge in [0.25, 0.3) is 5.91 Å². The molecule has 7 nitrogen and oxygen atoms in total. The van der Waals surface area contributed by atoms with Crippen LogP contribution in [0.3, 0.4) is 0 Å². The van der Waals surface area contributed by atoms with Crippen molar-refractivity contribution in [2.45, 2.75) is 31.7 Å². The van der Waals surface area contributed by atoms with E-state index in [-0.39, 0.29) is 36.7 Å². The number of aliphatic carboxylic acids is 1. The highest BCUT2D eigenvalue weighted by atomic mass is 16.4. The first-order chi connectivity index (χ1) is 10.1. The fraction of sp³-hybridized carbons (Fsp3) is 0.500. The van der Waals surface area contributed by atoms with Gasteiger partial charge in [-0.05, 0) is 25.3 Å². The Morgan fingerprint density at radius 1 is 1.33 bits per heavy atom. The van der Waals surface area contributed by atoms with Crippen molar-refractivity contribution in [2.75, 3.05) is 6.54 Å². The highest BCUT2D eigenvalue weighted by molar-refractivity contribution is 5.94. The molecule has 1 aromatic heterocycles. The van der Waals surface area contributed by atoms with Gasteiger partial charge in [-0.15, -0.1) is 0 Å². The van der Waals surface area contributed by atoms with E-state index in [2.05, 4.69) is 10.6 Å². The molecule has 2 atom stereocenters. The number of furan rings is 1. The van der Waals surface area contributed by atoms with Crippen molar-refractivity contribution in [1.82, 2.24) is 10.6 Å². The molecule has 0 aliphatic heterocycles. The fourth-order valence-electron chi connectivity index (χ4n) is 2.42. The van der Waals surface area contributed by atoms with E-state index >= 15 is 0 Å². The Morgan fingerprint density at radius 2 is 2.14 bits per heavy atom. The molecule has 0 saturated heterocycles. The van der Waals surface area contributed by atoms with Gasteiger partial charge in [0.15, 0.2) is 0 Å². The highest BCUT2D eigenvalue weighted by Gasteiger charge is 2.30. The van der Waals surface area contributed by atoms with Crippen LogP contribution < -0.4 is 10.6 Å². The molecule has 1 heterocycles. The molecule has 1 aliphatic carbocycles. The van der Waals surface area contributed by atoms with Crippen LogP contribution in [0.5, 0.6) is 0 Å². The van der Waals surface area contributed by atoms with Crippen LogP contribution in [0.2, 0.25) is 0 Å². The van der Waals surface area contributed by atoms with Crippen LogP contribution >= 0.6 is 0 Å². The average molecular weight is 294 g/mol. The summed E-state index contributed by atoms with van der Waals surface area (Å²) in [6, 6.07) is 1.46. The second kappa shape index (κ2) is 6.92. The molecule has 1 saturated carbocycles. The fourth-order valence-corrected chi connectivity index (χ4v) is 2.42. The quantitative estimate of drug-likeness (QED) is 0.718. The van der Waals surface area contributed by atoms with E-state index in [1.165, 1.54) is 12.5 Å². The van der Waals surface area contributed by atoms with Gasteiger partial charge in [-0.25, -0.2) is 0 Å². The summed E-state index contributed by atoms with van der Waals surface area (Å²) in [5.74, 6) is -1.64. The van der Waals surface area contributed by atoms with Crippen molar-refractivity contribution in [3.05, 3.63) is 24.2 Å². The summed E-state index contributed by atoms with van der Waals surface area (Å²) in [5, 5.41) is 14.3. The van der Waals surface area contributed by atoms with E-state index in [4.69, 9.17) is 9.52 Å². The number of carboxylic acid groups (broad SMARTS) is 1. The molecule has 21 heavy (non-hydrogen) atoms. The van der Waals surface area contributed by atoms with Gasteiger partial charge in [0, 0.05) is 19.0 Å². The number of amides is 2. The maximum atomic E-state index is 11.7. The highest BCUT2D eigenvalue weighted by Crippen LogP contribution is 2.25. The summed E-state index contributed by atoms with van der Waals surface area (Å²) in [5.41, 5.74) is 0.413. The van der Waals surface area contributed by atoms with Crippen molar-refractivity contribution in [1.29, 1.82) is 0 Å². The van der Waals surface area contributed by atoms with Crippen LogP contribution in [0.25, 0.3) is 0 Å². The Kier molecular flexibility index (Phi) is 4.97. The number of hydrogen-bond donors (Lipinski definition) is 3. The maximum absolute atomic E-state index is 11.7. The topological polar surface area (TPSA) is 109 Å². The average Bonchev–Trinajstić information content (AvgIpc) is 3.09. The second-order valence-corrected chi connectivity index (χ2v) is 5.13. The third kappa shape index (κ3) is 4.34. The monoisotopic (exact) mass is 294 g/mol. The van der Waals surface area contributed by atoms with Crippen molar-refractivity contribution in [3.8, 4) is 0 Å². The van der Waals surface area contributed by atoms with E-state index in [1.807, 2.05) is 0 Å². The smallest absolute Gasteiger partial charge is 0.306 e. The number of carboxylic acids is 1. The third-order valence-electron chi connectivity index (χ3n) is 3.57. The summed E-state index contributed by atoms with van der Waals surface area (Å²) in [6.07, 6.45) is 4.66. The molecule has 1 aliphatic rings. The van der Waals surface area contributed by atoms with Crippen LogP contribution in [-0.2, 0) is 9.59 Å². The first-order valence-corrected chi connectivity index (χ1v) is 6.89. The first kappa shape index (κ1) is 15.1. The largest absolute Gasteiger partial charge is 0.481 e. The third-order valence-corrected chi connectivity index (χ3v) is 3.57. The molecular formula is C14H18N2O5. The Balaban J connectivity index is 1.64. The molecular weight excluding hydrogens is 276 g/mol. The van der Waals surface area contributed by atoms with Crippen LogP contribution in [0.15, 0.2) is 23.0 Å². The lowest BCUT2D eigenvalue weighted by atomic mass is 10.1. The minimum Gasteiger partial charge on any atom is -0.481 e. The standard InChI is InChI=1S/C14H18N2O5/c17-12(16-11-2-1-9(7-11)14(19)20)3-5-15-13(18)10-4-6-21-8-10/h4,6,8-9,11H,1-3,5,7H2,(H,15,18)(H,16,17)(H,19,20). The van der Waals surface area contributed by atoms with Crippen LogP contribution in [0, 0.1) is 5.92 Å². The van der Waals surface area contributed by atoms with Crippen molar-refractivity contribution in [2.24, 2.45) is 5.92 Å². The Hall–Kier alpha value is -2.31. The molecule has 7 heteroatoms. The molecule has 2 amide bonds. The van der Waals surface area contributed by atoms with E-state index in [0.717, 1.165) is 0 Å². The predicted octanol–water partition coefficient (Wildman–Crippen LogP) is 0.769. The number of hydrogen-bond acceptors (Lipinski definition) is 4. The molecule has 0 spiro atoms. The van der Waals surface area contributed by atoms with Gasteiger partial charge >= 0.3 is 5.97 Å². The normalized spacial score (nSPS) is 21.0. The molecule has 3 N–H and O–H groups in total. The molecule has 1 aromatic rings. The van der Waals surface area contributed by atoms with E-state index in [1.54, 1.807) is 6.07 Å². The molecule has 0 bridgehead atoms. The number of rotatable bonds is 6. The molecule has 2 rings (SSSR count). The van der Waals surface area contributed by atoms with Gasteiger partial charge < -0.3 is 20.2 Å². The van der Waals surface area contributed by atoms with Gasteiger partial charge in [0.2, 0.25) is 5.91 Å². The summed E-state index contributed by atoms with van der Waals surface area (Å²) in [4.78, 5) is 34.1. The SMILES string of the molecule is O=C(CCNC(=O)c1ccoc1)NC1CCC(C(=O)O)C1. The predicted molar refractivity (Wildman–Crippen MR) is 72.6 cm³/mol. The van der Waals surface area contributed by atoms with E-state index in [0.29, 0.717) is 24.8 Å². The van der Waals surface area contributed by atoms with Gasteiger partial charge in [-0.1, -0.05) is 0 Å². The zero-order valence-electron chi connectivity index (χ0n) is 11.5. The maximum Gasteiger partial charge on any atom is 0.306 e. The Bertz CT molecular complexity index is 511. The minimum atomic E-state index is -0.806. The van der Waals surface area contributed by atoms with Crippen LogP contribution in [-0.4, -0.2) is 35.5 Å². The van der Waals surface area contributed by atoms with Gasteiger partial charge in [0.1, 0.15) is 6.26 Å². The zero-order valence-corrected chi connectivity index (χ0v) is 11.5. The summed E-state index contributed by atoms with van der Waals surface area (Å²) in [6.45, 7) is 0.227. The van der Waals surface area contributed by atoms with E-state index < -0.39 is 5.97 Å². The van der Waals surface area contributed by atoms with Gasteiger partial charge in [0.05, 0.1) is 17.7 Å². The zero-order chi connectivity index (χ0) is 15.2. The summed E-state index contributed by atoms with van der Waals surface area (Å²) >= 11 is 0. The molecule has 2 unspecified atom stereocenters. The minimum absolute atomic E-state index is 0.0804. The lowest BCUT2D eigenvalue weighted by Crippen LogP contribution is -2.36. The van der Waals surface area contributed by atoms with Crippen LogP contribution in [0.4, 0.5) is 0 Å². The van der Waals surface area contributed by atoms with Crippen LogP contribution in [0.1, 0.15) is 36.0 Å².